The van der Waals surface area contributed by atoms with Crippen molar-refractivity contribution in [1.29, 1.82) is 0 Å². The minimum absolute atomic E-state index is 0.109. The van der Waals surface area contributed by atoms with Crippen molar-refractivity contribution in [1.82, 2.24) is 40.0 Å². The van der Waals surface area contributed by atoms with Crippen LogP contribution in [0.15, 0.2) is 97.3 Å². The minimum atomic E-state index is -2.02. The fourth-order valence-electron chi connectivity index (χ4n) is 9.42. The van der Waals surface area contributed by atoms with Crippen LogP contribution in [0.4, 0.5) is 9.18 Å². The number of fused-ring (bicyclic) bond motifs is 2. The molecule has 2 saturated heterocycles. The van der Waals surface area contributed by atoms with Crippen molar-refractivity contribution >= 4 is 28.7 Å². The lowest BCUT2D eigenvalue weighted by Crippen LogP contribution is -2.51. The Morgan fingerprint density at radius 1 is 0.836 bits per heavy atom. The molecule has 3 N–H and O–H groups in total. The number of rotatable bonds is 9. The van der Waals surface area contributed by atoms with Crippen molar-refractivity contribution in [3.63, 3.8) is 0 Å². The van der Waals surface area contributed by atoms with Crippen LogP contribution in [-0.4, -0.2) is 92.4 Å². The Labute approximate surface area is 354 Å². The molecule has 0 aliphatic carbocycles. The maximum atomic E-state index is 17.0. The molecule has 61 heavy (non-hydrogen) atoms. The molecule has 2 aromatic heterocycles. The molecule has 6 aromatic rings. The predicted molar refractivity (Wildman–Crippen MR) is 232 cm³/mol. The highest BCUT2D eigenvalue weighted by atomic mass is 19.1. The van der Waals surface area contributed by atoms with Gasteiger partial charge in [-0.1, -0.05) is 86.6 Å². The molecular formula is C48H51FN8O4. The maximum Gasteiger partial charge on any atom is 0.407 e. The lowest BCUT2D eigenvalue weighted by Gasteiger charge is -2.38. The van der Waals surface area contributed by atoms with Crippen molar-refractivity contribution in [2.45, 2.75) is 69.9 Å². The maximum absolute atomic E-state index is 17.0. The van der Waals surface area contributed by atoms with E-state index in [2.05, 4.69) is 74.9 Å². The van der Waals surface area contributed by atoms with Crippen LogP contribution >= 0.6 is 0 Å². The van der Waals surface area contributed by atoms with Gasteiger partial charge in [-0.25, -0.2) is 19.2 Å². The fourth-order valence-corrected chi connectivity index (χ4v) is 9.42. The second-order valence-electron chi connectivity index (χ2n) is 16.9. The van der Waals surface area contributed by atoms with E-state index in [1.165, 1.54) is 12.0 Å². The Hall–Kier alpha value is -6.34. The van der Waals surface area contributed by atoms with Crippen molar-refractivity contribution < 1.29 is 23.5 Å². The number of hydrogen-bond acceptors (Lipinski definition) is 7. The van der Waals surface area contributed by atoms with Gasteiger partial charge in [-0.15, -0.1) is 0 Å². The first-order valence-electron chi connectivity index (χ1n) is 21.2. The highest BCUT2D eigenvalue weighted by Crippen LogP contribution is 2.43. The number of alkyl carbamates (subject to hydrolysis) is 1. The van der Waals surface area contributed by atoms with E-state index < -0.39 is 24.0 Å². The van der Waals surface area contributed by atoms with Gasteiger partial charge < -0.3 is 29.8 Å². The molecule has 13 heteroatoms. The second kappa shape index (κ2) is 16.3. The van der Waals surface area contributed by atoms with Crippen molar-refractivity contribution in [3.8, 4) is 33.6 Å². The molecule has 314 valence electrons. The number of alkyl halides is 1. The van der Waals surface area contributed by atoms with Crippen LogP contribution in [0, 0.1) is 5.92 Å². The Bertz CT molecular complexity index is 2600. The summed E-state index contributed by atoms with van der Waals surface area (Å²) in [4.78, 5) is 60.8. The minimum Gasteiger partial charge on any atom is -0.453 e. The molecule has 3 aliphatic heterocycles. The van der Waals surface area contributed by atoms with Crippen LogP contribution < -0.4 is 5.32 Å². The zero-order chi connectivity index (χ0) is 42.4. The molecule has 0 radical (unpaired) electrons. The number of benzene rings is 4. The quantitative estimate of drug-likeness (QED) is 0.125. The number of imidazole rings is 2. The summed E-state index contributed by atoms with van der Waals surface area (Å²) in [5, 5.41) is 4.86. The molecule has 0 saturated carbocycles. The number of carbonyl (C=O) groups excluding carboxylic acids is 3. The predicted octanol–water partition coefficient (Wildman–Crippen LogP) is 8.31. The van der Waals surface area contributed by atoms with Crippen LogP contribution in [0.2, 0.25) is 0 Å². The summed E-state index contributed by atoms with van der Waals surface area (Å²) < 4.78 is 21.8. The SMILES string of the molecule is COC(=O)N[C@H](C(=O)N1CCC[C@H]1c1ncc(-c2ccc3cc(-c4ccc(-c5cnc([C@]6(F)CCCN6C(=O)[C@H]6c7ccccc7CCN6C)[nH]5)cc4)ccc3c2)[nH]1)C(C)C. The largest absolute Gasteiger partial charge is 0.453 e. The third-order valence-electron chi connectivity index (χ3n) is 12.8. The summed E-state index contributed by atoms with van der Waals surface area (Å²) in [6, 6.07) is 27.3. The number of likely N-dealkylation sites (tertiary alicyclic amines) is 2. The van der Waals surface area contributed by atoms with Crippen molar-refractivity contribution in [2.24, 2.45) is 5.92 Å². The number of nitrogens with one attached hydrogen (secondary N) is 3. The van der Waals surface area contributed by atoms with Gasteiger partial charge in [0.1, 0.15) is 17.9 Å². The van der Waals surface area contributed by atoms with E-state index in [0.717, 1.165) is 81.5 Å². The Kier molecular flexibility index (Phi) is 10.7. The highest BCUT2D eigenvalue weighted by molar-refractivity contribution is 5.91. The number of ether oxygens (including phenoxy) is 1. The van der Waals surface area contributed by atoms with Crippen LogP contribution in [0.3, 0.4) is 0 Å². The number of likely N-dealkylation sites (N-methyl/N-ethyl adjacent to an activating group) is 1. The molecule has 3 amide bonds. The standard InChI is InChI=1S/C48H51FN8O4/c1-29(2)41(54-47(60)61-4)44(58)56-22-7-11-40(56)43-50-27-39(52-43)36-19-18-34-25-33(16-17-35(34)26-36)30-12-14-32(15-13-30)38-28-51-46(53-38)48(49)21-8-23-57(48)45(59)42-37-10-6-5-9-31(37)20-24-55(42)3/h5-6,9-10,12-19,25-29,40-42H,7-8,11,20-24H2,1-4H3,(H,50,52)(H,51,53)(H,54,60)/t40-,41-,42+,48-/m0/s1. The van der Waals surface area contributed by atoms with E-state index in [0.29, 0.717) is 25.2 Å². The van der Waals surface area contributed by atoms with Crippen LogP contribution in [0.25, 0.3) is 44.4 Å². The molecule has 5 heterocycles. The van der Waals surface area contributed by atoms with Gasteiger partial charge in [0.2, 0.25) is 17.6 Å². The fraction of sp³-hybridized carbons (Fsp3) is 0.354. The normalized spacial score (nSPS) is 20.9. The van der Waals surface area contributed by atoms with E-state index >= 15 is 4.39 Å². The number of carbonyl (C=O) groups is 3. The van der Waals surface area contributed by atoms with Crippen LogP contribution in [0.5, 0.6) is 0 Å². The molecule has 4 atom stereocenters. The monoisotopic (exact) mass is 822 g/mol. The number of H-pyrrole nitrogens is 2. The number of amides is 3. The van der Waals surface area contributed by atoms with Gasteiger partial charge in [0.25, 0.3) is 0 Å². The number of nitrogens with zero attached hydrogens (tertiary/aromatic N) is 5. The highest BCUT2D eigenvalue weighted by Gasteiger charge is 2.50. The number of hydrogen-bond donors (Lipinski definition) is 3. The van der Waals surface area contributed by atoms with Gasteiger partial charge in [-0.2, -0.15) is 0 Å². The molecule has 4 aromatic carbocycles. The Morgan fingerprint density at radius 2 is 1.52 bits per heavy atom. The number of halogens is 1. The van der Waals surface area contributed by atoms with Gasteiger partial charge >= 0.3 is 6.09 Å². The van der Waals surface area contributed by atoms with Gasteiger partial charge in [-0.05, 0) is 89.4 Å². The molecule has 0 bridgehead atoms. The average molecular weight is 823 g/mol. The second-order valence-corrected chi connectivity index (χ2v) is 16.9. The summed E-state index contributed by atoms with van der Waals surface area (Å²) in [6.45, 7) is 5.47. The summed E-state index contributed by atoms with van der Waals surface area (Å²) in [5.74, 6) is -1.62. The zero-order valence-corrected chi connectivity index (χ0v) is 35.0. The van der Waals surface area contributed by atoms with Gasteiger partial charge in [-0.3, -0.25) is 14.5 Å². The van der Waals surface area contributed by atoms with Gasteiger partial charge in [0, 0.05) is 31.6 Å². The average Bonchev–Trinajstić information content (AvgIpc) is 4.12. The summed E-state index contributed by atoms with van der Waals surface area (Å²) in [5.41, 5.74) is 7.59. The first-order valence-corrected chi connectivity index (χ1v) is 21.2. The van der Waals surface area contributed by atoms with Crippen LogP contribution in [-0.2, 0) is 26.5 Å². The molecule has 0 unspecified atom stereocenters. The first kappa shape index (κ1) is 40.1. The molecule has 0 spiro atoms. The van der Waals surface area contributed by atoms with Gasteiger partial charge in [0.05, 0.1) is 36.9 Å². The Balaban J connectivity index is 0.885. The summed E-state index contributed by atoms with van der Waals surface area (Å²) in [7, 11) is 3.23. The van der Waals surface area contributed by atoms with E-state index in [1.807, 2.05) is 67.2 Å². The molecule has 9 rings (SSSR count). The van der Waals surface area contributed by atoms with Crippen molar-refractivity contribution in [3.05, 3.63) is 120 Å². The first-order chi connectivity index (χ1) is 29.5. The third kappa shape index (κ3) is 7.45. The van der Waals surface area contributed by atoms with E-state index in [1.54, 1.807) is 6.20 Å². The zero-order valence-electron chi connectivity index (χ0n) is 35.0. The van der Waals surface area contributed by atoms with E-state index in [4.69, 9.17) is 9.72 Å². The number of aromatic nitrogens is 4. The number of aromatic amines is 2. The molecule has 12 nitrogen and oxygen atoms in total. The summed E-state index contributed by atoms with van der Waals surface area (Å²) in [6.07, 6.45) is 6.08. The number of methoxy groups -OCH3 is 1. The topological polar surface area (TPSA) is 140 Å². The van der Waals surface area contributed by atoms with E-state index in [-0.39, 0.29) is 36.0 Å². The van der Waals surface area contributed by atoms with Gasteiger partial charge in [0.15, 0.2) is 5.82 Å². The van der Waals surface area contributed by atoms with Crippen LogP contribution in [0.1, 0.15) is 74.4 Å². The smallest absolute Gasteiger partial charge is 0.407 e. The summed E-state index contributed by atoms with van der Waals surface area (Å²) >= 11 is 0. The lowest BCUT2D eigenvalue weighted by atomic mass is 9.92. The lowest BCUT2D eigenvalue weighted by molar-refractivity contribution is -0.150. The molecular weight excluding hydrogens is 772 g/mol. The van der Waals surface area contributed by atoms with E-state index in [9.17, 15) is 14.4 Å². The Morgan fingerprint density at radius 3 is 2.30 bits per heavy atom. The van der Waals surface area contributed by atoms with Crippen molar-refractivity contribution in [2.75, 3.05) is 33.8 Å². The molecule has 3 aliphatic rings. The third-order valence-corrected chi connectivity index (χ3v) is 12.8. The molecule has 2 fully saturated rings.